The van der Waals surface area contributed by atoms with Crippen molar-refractivity contribution in [2.75, 3.05) is 13.6 Å². The van der Waals surface area contributed by atoms with Crippen LogP contribution in [0.1, 0.15) is 30.4 Å². The molecule has 102 valence electrons. The zero-order valence-electron chi connectivity index (χ0n) is 11.0. The van der Waals surface area contributed by atoms with Crippen molar-refractivity contribution in [1.29, 1.82) is 5.26 Å². The summed E-state index contributed by atoms with van der Waals surface area (Å²) in [6, 6.07) is 8.89. The first-order valence-corrected chi connectivity index (χ1v) is 8.06. The summed E-state index contributed by atoms with van der Waals surface area (Å²) >= 11 is 0. The van der Waals surface area contributed by atoms with Gasteiger partial charge in [-0.05, 0) is 30.4 Å². The van der Waals surface area contributed by atoms with Crippen molar-refractivity contribution in [3.63, 3.8) is 0 Å². The second kappa shape index (κ2) is 5.72. The minimum atomic E-state index is -3.33. The van der Waals surface area contributed by atoms with E-state index in [1.807, 2.05) is 6.07 Å². The van der Waals surface area contributed by atoms with E-state index >= 15 is 0 Å². The van der Waals surface area contributed by atoms with E-state index in [2.05, 4.69) is 0 Å². The highest BCUT2D eigenvalue weighted by Crippen LogP contribution is 2.28. The summed E-state index contributed by atoms with van der Waals surface area (Å²) in [5.74, 6) is 0.408. The molecule has 1 fully saturated rings. The summed E-state index contributed by atoms with van der Waals surface area (Å²) in [5, 5.41) is 8.99. The Labute approximate surface area is 114 Å². The number of hydrogen-bond acceptors (Lipinski definition) is 3. The Morgan fingerprint density at radius 1 is 1.37 bits per heavy atom. The van der Waals surface area contributed by atoms with Crippen LogP contribution in [0.3, 0.4) is 0 Å². The van der Waals surface area contributed by atoms with Gasteiger partial charge in [-0.15, -0.1) is 0 Å². The maximum absolute atomic E-state index is 12.3. The smallest absolute Gasteiger partial charge is 0.212 e. The summed E-state index contributed by atoms with van der Waals surface area (Å²) in [7, 11) is -1.71. The Balaban J connectivity index is 2.09. The predicted molar refractivity (Wildman–Crippen MR) is 73.8 cm³/mol. The van der Waals surface area contributed by atoms with Crippen LogP contribution < -0.4 is 0 Å². The molecule has 0 spiro atoms. The molecule has 0 unspecified atom stereocenters. The zero-order chi connectivity index (χ0) is 13.9. The van der Waals surface area contributed by atoms with Crippen molar-refractivity contribution < 1.29 is 8.42 Å². The normalized spacial score (nSPS) is 16.1. The van der Waals surface area contributed by atoms with E-state index in [1.165, 1.54) is 10.7 Å². The summed E-state index contributed by atoms with van der Waals surface area (Å²) < 4.78 is 26.0. The maximum atomic E-state index is 12.3. The fourth-order valence-electron chi connectivity index (χ4n) is 2.21. The van der Waals surface area contributed by atoms with E-state index in [1.54, 1.807) is 31.3 Å². The SMILES string of the molecule is CN(CC1CCC1)S(=O)(=O)Cc1ccccc1C#N. The number of nitriles is 1. The summed E-state index contributed by atoms with van der Waals surface area (Å²) in [6.07, 6.45) is 3.44. The van der Waals surface area contributed by atoms with Crippen molar-refractivity contribution in [3.8, 4) is 6.07 Å². The molecule has 1 aromatic rings. The first kappa shape index (κ1) is 14.0. The van der Waals surface area contributed by atoms with Crippen molar-refractivity contribution in [1.82, 2.24) is 4.31 Å². The van der Waals surface area contributed by atoms with Crippen LogP contribution in [0.4, 0.5) is 0 Å². The van der Waals surface area contributed by atoms with Gasteiger partial charge in [0.1, 0.15) is 0 Å². The Kier molecular flexibility index (Phi) is 4.23. The molecule has 0 saturated heterocycles. The van der Waals surface area contributed by atoms with Gasteiger partial charge in [-0.1, -0.05) is 24.6 Å². The van der Waals surface area contributed by atoms with Crippen LogP contribution in [-0.4, -0.2) is 26.3 Å². The van der Waals surface area contributed by atoms with E-state index in [-0.39, 0.29) is 5.75 Å². The lowest BCUT2D eigenvalue weighted by atomic mass is 9.86. The second-order valence-corrected chi connectivity index (χ2v) is 7.18. The number of nitrogens with zero attached hydrogens (tertiary/aromatic N) is 2. The van der Waals surface area contributed by atoms with Gasteiger partial charge in [0.2, 0.25) is 10.0 Å². The monoisotopic (exact) mass is 278 g/mol. The predicted octanol–water partition coefficient (Wildman–Crippen LogP) is 2.12. The summed E-state index contributed by atoms with van der Waals surface area (Å²) in [5.41, 5.74) is 1.01. The fourth-order valence-corrected chi connectivity index (χ4v) is 3.52. The molecule has 1 saturated carbocycles. The van der Waals surface area contributed by atoms with Crippen molar-refractivity contribution >= 4 is 10.0 Å². The highest BCUT2D eigenvalue weighted by Gasteiger charge is 2.26. The molecular formula is C14H18N2O2S. The molecule has 5 heteroatoms. The standard InChI is InChI=1S/C14H18N2O2S/c1-16(10-12-5-4-6-12)19(17,18)11-14-8-3-2-7-13(14)9-15/h2-3,7-8,12H,4-6,10-11H2,1H3. The average molecular weight is 278 g/mol. The van der Waals surface area contributed by atoms with E-state index in [9.17, 15) is 8.42 Å². The average Bonchev–Trinajstić information content (AvgIpc) is 2.33. The Morgan fingerprint density at radius 3 is 2.63 bits per heavy atom. The number of hydrogen-bond donors (Lipinski definition) is 0. The molecule has 0 aromatic heterocycles. The first-order valence-electron chi connectivity index (χ1n) is 6.45. The number of benzene rings is 1. The molecule has 0 N–H and O–H groups in total. The van der Waals surface area contributed by atoms with Crippen molar-refractivity contribution in [2.45, 2.75) is 25.0 Å². The third-order valence-corrected chi connectivity index (χ3v) is 5.47. The second-order valence-electron chi connectivity index (χ2n) is 5.10. The van der Waals surface area contributed by atoms with Crippen molar-refractivity contribution in [2.24, 2.45) is 5.92 Å². The molecule has 0 amide bonds. The largest absolute Gasteiger partial charge is 0.218 e. The van der Waals surface area contributed by atoms with E-state index in [0.29, 0.717) is 23.6 Å². The van der Waals surface area contributed by atoms with Crippen LogP contribution in [0.15, 0.2) is 24.3 Å². The molecule has 0 radical (unpaired) electrons. The quantitative estimate of drug-likeness (QED) is 0.829. The van der Waals surface area contributed by atoms with Gasteiger partial charge < -0.3 is 0 Å². The third kappa shape index (κ3) is 3.34. The molecule has 19 heavy (non-hydrogen) atoms. The molecule has 0 atom stereocenters. The molecule has 1 aliphatic rings. The Bertz CT molecular complexity index is 586. The van der Waals surface area contributed by atoms with Gasteiger partial charge in [-0.25, -0.2) is 12.7 Å². The maximum Gasteiger partial charge on any atom is 0.218 e. The lowest BCUT2D eigenvalue weighted by Gasteiger charge is -2.29. The molecule has 1 aromatic carbocycles. The van der Waals surface area contributed by atoms with Crippen LogP contribution >= 0.6 is 0 Å². The van der Waals surface area contributed by atoms with Gasteiger partial charge in [0, 0.05) is 13.6 Å². The fraction of sp³-hybridized carbons (Fsp3) is 0.500. The van der Waals surface area contributed by atoms with Crippen LogP contribution in [0.25, 0.3) is 0 Å². The lowest BCUT2D eigenvalue weighted by Crippen LogP contribution is -2.35. The first-order chi connectivity index (χ1) is 9.03. The van der Waals surface area contributed by atoms with Crippen LogP contribution in [-0.2, 0) is 15.8 Å². The zero-order valence-corrected chi connectivity index (χ0v) is 11.9. The highest BCUT2D eigenvalue weighted by molar-refractivity contribution is 7.88. The minimum absolute atomic E-state index is 0.0973. The van der Waals surface area contributed by atoms with Gasteiger partial charge in [0.25, 0.3) is 0 Å². The van der Waals surface area contributed by atoms with Gasteiger partial charge >= 0.3 is 0 Å². The van der Waals surface area contributed by atoms with Crippen LogP contribution in [0, 0.1) is 17.2 Å². The highest BCUT2D eigenvalue weighted by atomic mass is 32.2. The molecular weight excluding hydrogens is 260 g/mol. The van der Waals surface area contributed by atoms with Crippen LogP contribution in [0.2, 0.25) is 0 Å². The van der Waals surface area contributed by atoms with Gasteiger partial charge in [0.05, 0.1) is 17.4 Å². The number of sulfonamides is 1. The summed E-state index contributed by atoms with van der Waals surface area (Å²) in [6.45, 7) is 0.594. The number of rotatable bonds is 5. The third-order valence-electron chi connectivity index (χ3n) is 3.69. The topological polar surface area (TPSA) is 61.2 Å². The van der Waals surface area contributed by atoms with E-state index in [4.69, 9.17) is 5.26 Å². The minimum Gasteiger partial charge on any atom is -0.212 e. The molecule has 4 nitrogen and oxygen atoms in total. The van der Waals surface area contributed by atoms with Crippen LogP contribution in [0.5, 0.6) is 0 Å². The molecule has 0 bridgehead atoms. The lowest BCUT2D eigenvalue weighted by molar-refractivity contribution is 0.263. The van der Waals surface area contributed by atoms with Gasteiger partial charge in [-0.2, -0.15) is 5.26 Å². The molecule has 0 aliphatic heterocycles. The summed E-state index contributed by atoms with van der Waals surface area (Å²) in [4.78, 5) is 0. The Hall–Kier alpha value is -1.38. The van der Waals surface area contributed by atoms with E-state index in [0.717, 1.165) is 12.8 Å². The van der Waals surface area contributed by atoms with Gasteiger partial charge in [-0.3, -0.25) is 0 Å². The molecule has 2 rings (SSSR count). The van der Waals surface area contributed by atoms with E-state index < -0.39 is 10.0 Å². The van der Waals surface area contributed by atoms with Crippen molar-refractivity contribution in [3.05, 3.63) is 35.4 Å². The molecule has 0 heterocycles. The molecule has 1 aliphatic carbocycles. The van der Waals surface area contributed by atoms with Gasteiger partial charge in [0.15, 0.2) is 0 Å². The Morgan fingerprint density at radius 2 is 2.05 bits per heavy atom.